The molecule has 0 aromatic heterocycles. The molecule has 1 atom stereocenters. The lowest BCUT2D eigenvalue weighted by atomic mass is 9.75. The van der Waals surface area contributed by atoms with Crippen molar-refractivity contribution in [3.05, 3.63) is 0 Å². The van der Waals surface area contributed by atoms with E-state index in [-0.39, 0.29) is 37.5 Å². The van der Waals surface area contributed by atoms with Crippen LogP contribution in [0.5, 0.6) is 0 Å². The van der Waals surface area contributed by atoms with Crippen molar-refractivity contribution < 1.29 is 28.4 Å². The molecular formula is C18H31BO6. The largest absolute Gasteiger partial charge is 0.465 e. The highest BCUT2D eigenvalue weighted by Crippen LogP contribution is 2.47. The van der Waals surface area contributed by atoms with Gasteiger partial charge in [0.2, 0.25) is 0 Å². The van der Waals surface area contributed by atoms with Gasteiger partial charge in [-0.25, -0.2) is 0 Å². The Hall–Kier alpha value is -1.08. The Morgan fingerprint density at radius 1 is 1.00 bits per heavy atom. The van der Waals surface area contributed by atoms with Crippen molar-refractivity contribution >= 4 is 19.1 Å². The highest BCUT2D eigenvalue weighted by Gasteiger charge is 2.56. The predicted molar refractivity (Wildman–Crippen MR) is 93.9 cm³/mol. The van der Waals surface area contributed by atoms with Gasteiger partial charge in [-0.05, 0) is 73.0 Å². The van der Waals surface area contributed by atoms with Crippen LogP contribution in [-0.2, 0) is 28.4 Å². The van der Waals surface area contributed by atoms with E-state index in [0.717, 1.165) is 6.42 Å². The second-order valence-corrected chi connectivity index (χ2v) is 8.05. The fourth-order valence-corrected chi connectivity index (χ4v) is 3.67. The number of hydrogen-bond donors (Lipinski definition) is 0. The zero-order chi connectivity index (χ0) is 18.9. The summed E-state index contributed by atoms with van der Waals surface area (Å²) in [4.78, 5) is 25.0. The predicted octanol–water partition coefficient (Wildman–Crippen LogP) is 2.99. The first-order valence-electron chi connectivity index (χ1n) is 9.28. The first kappa shape index (κ1) is 20.2. The maximum absolute atomic E-state index is 12.5. The molecule has 1 aliphatic heterocycles. The van der Waals surface area contributed by atoms with E-state index >= 15 is 0 Å². The van der Waals surface area contributed by atoms with Crippen molar-refractivity contribution in [2.45, 2.75) is 78.3 Å². The minimum atomic E-state index is -1.18. The fraction of sp³-hybridized carbons (Fsp3) is 0.889. The van der Waals surface area contributed by atoms with Crippen LogP contribution in [0.15, 0.2) is 0 Å². The minimum Gasteiger partial charge on any atom is -0.465 e. The van der Waals surface area contributed by atoms with Crippen molar-refractivity contribution in [2.75, 3.05) is 13.2 Å². The Bertz CT molecular complexity index is 482. The second-order valence-electron chi connectivity index (χ2n) is 8.05. The van der Waals surface area contributed by atoms with Crippen LogP contribution in [0.3, 0.4) is 0 Å². The molecule has 25 heavy (non-hydrogen) atoms. The SMILES string of the molecule is CCOC(=O)C1(C(=O)OCC)CC[C@H](CB2OC(C)(C)C(C)(C)O2)C1. The molecule has 142 valence electrons. The van der Waals surface area contributed by atoms with E-state index in [2.05, 4.69) is 0 Å². The van der Waals surface area contributed by atoms with E-state index in [1.807, 2.05) is 27.7 Å². The average molecular weight is 354 g/mol. The Morgan fingerprint density at radius 2 is 1.48 bits per heavy atom. The molecule has 0 N–H and O–H groups in total. The number of carbonyl (C=O) groups excluding carboxylic acids is 2. The smallest absolute Gasteiger partial charge is 0.458 e. The van der Waals surface area contributed by atoms with E-state index in [1.165, 1.54) is 0 Å². The lowest BCUT2D eigenvalue weighted by Crippen LogP contribution is -2.41. The molecule has 0 aromatic carbocycles. The molecule has 1 heterocycles. The van der Waals surface area contributed by atoms with Gasteiger partial charge in [-0.2, -0.15) is 0 Å². The van der Waals surface area contributed by atoms with Crippen LogP contribution >= 0.6 is 0 Å². The van der Waals surface area contributed by atoms with Gasteiger partial charge in [-0.1, -0.05) is 0 Å². The summed E-state index contributed by atoms with van der Waals surface area (Å²) in [5, 5.41) is 0. The van der Waals surface area contributed by atoms with Gasteiger partial charge in [-0.15, -0.1) is 0 Å². The summed E-state index contributed by atoms with van der Waals surface area (Å²) in [6, 6.07) is 0. The molecule has 1 saturated heterocycles. The van der Waals surface area contributed by atoms with Crippen molar-refractivity contribution in [1.29, 1.82) is 0 Å². The molecule has 2 rings (SSSR count). The molecule has 2 fully saturated rings. The van der Waals surface area contributed by atoms with E-state index in [4.69, 9.17) is 18.8 Å². The third-order valence-electron chi connectivity index (χ3n) is 5.78. The summed E-state index contributed by atoms with van der Waals surface area (Å²) in [5.41, 5.74) is -1.94. The van der Waals surface area contributed by atoms with Crippen molar-refractivity contribution in [3.63, 3.8) is 0 Å². The zero-order valence-corrected chi connectivity index (χ0v) is 16.3. The van der Waals surface area contributed by atoms with Crippen LogP contribution in [0.1, 0.15) is 60.8 Å². The Balaban J connectivity index is 2.06. The van der Waals surface area contributed by atoms with E-state index < -0.39 is 17.4 Å². The molecule has 0 spiro atoms. The highest BCUT2D eigenvalue weighted by atomic mass is 16.7. The summed E-state index contributed by atoms with van der Waals surface area (Å²) >= 11 is 0. The van der Waals surface area contributed by atoms with Crippen LogP contribution in [0, 0.1) is 11.3 Å². The molecule has 1 saturated carbocycles. The third kappa shape index (κ3) is 3.87. The summed E-state index contributed by atoms with van der Waals surface area (Å²) in [7, 11) is -0.324. The molecule has 6 nitrogen and oxygen atoms in total. The second kappa shape index (κ2) is 7.27. The molecule has 0 bridgehead atoms. The van der Waals surface area contributed by atoms with Crippen LogP contribution in [0.2, 0.25) is 6.32 Å². The molecular weight excluding hydrogens is 323 g/mol. The lowest BCUT2D eigenvalue weighted by Gasteiger charge is -2.32. The van der Waals surface area contributed by atoms with Gasteiger partial charge < -0.3 is 18.8 Å². The maximum atomic E-state index is 12.5. The quantitative estimate of drug-likeness (QED) is 0.415. The van der Waals surface area contributed by atoms with Crippen LogP contribution in [-0.4, -0.2) is 43.5 Å². The number of carbonyl (C=O) groups is 2. The number of esters is 2. The number of hydrogen-bond acceptors (Lipinski definition) is 6. The molecule has 0 radical (unpaired) electrons. The van der Waals surface area contributed by atoms with Gasteiger partial charge in [0.15, 0.2) is 5.41 Å². The van der Waals surface area contributed by atoms with Gasteiger partial charge in [0, 0.05) is 0 Å². The Labute approximate surface area is 151 Å². The van der Waals surface area contributed by atoms with Crippen LogP contribution in [0.25, 0.3) is 0 Å². The molecule has 2 aliphatic rings. The minimum absolute atomic E-state index is 0.156. The fourth-order valence-electron chi connectivity index (χ4n) is 3.67. The molecule has 7 heteroatoms. The maximum Gasteiger partial charge on any atom is 0.458 e. The molecule has 1 aliphatic carbocycles. The Morgan fingerprint density at radius 3 is 1.92 bits per heavy atom. The molecule has 0 aromatic rings. The number of rotatable bonds is 6. The molecule has 0 amide bonds. The third-order valence-corrected chi connectivity index (χ3v) is 5.78. The van der Waals surface area contributed by atoms with Gasteiger partial charge in [0.25, 0.3) is 0 Å². The number of ether oxygens (including phenoxy) is 2. The van der Waals surface area contributed by atoms with Gasteiger partial charge >= 0.3 is 19.1 Å². The van der Waals surface area contributed by atoms with Gasteiger partial charge in [0.05, 0.1) is 24.4 Å². The van der Waals surface area contributed by atoms with Crippen molar-refractivity contribution in [1.82, 2.24) is 0 Å². The summed E-state index contributed by atoms with van der Waals surface area (Å²) in [5.74, 6) is -0.779. The average Bonchev–Trinajstić information content (AvgIpc) is 2.99. The van der Waals surface area contributed by atoms with Crippen LogP contribution in [0.4, 0.5) is 0 Å². The monoisotopic (exact) mass is 354 g/mol. The molecule has 0 unspecified atom stereocenters. The summed E-state index contributed by atoms with van der Waals surface area (Å²) in [6.07, 6.45) is 2.29. The topological polar surface area (TPSA) is 71.1 Å². The first-order valence-corrected chi connectivity index (χ1v) is 9.28. The van der Waals surface area contributed by atoms with E-state index in [1.54, 1.807) is 13.8 Å². The van der Waals surface area contributed by atoms with E-state index in [0.29, 0.717) is 19.2 Å². The van der Waals surface area contributed by atoms with Gasteiger partial charge in [-0.3, -0.25) is 9.59 Å². The summed E-state index contributed by atoms with van der Waals surface area (Å²) < 4.78 is 22.5. The summed E-state index contributed by atoms with van der Waals surface area (Å²) in [6.45, 7) is 12.1. The van der Waals surface area contributed by atoms with Crippen molar-refractivity contribution in [2.24, 2.45) is 11.3 Å². The highest BCUT2D eigenvalue weighted by molar-refractivity contribution is 6.45. The van der Waals surface area contributed by atoms with Gasteiger partial charge in [0.1, 0.15) is 0 Å². The van der Waals surface area contributed by atoms with E-state index in [9.17, 15) is 9.59 Å². The first-order chi connectivity index (χ1) is 11.6. The lowest BCUT2D eigenvalue weighted by molar-refractivity contribution is -0.171. The van der Waals surface area contributed by atoms with Crippen molar-refractivity contribution in [3.8, 4) is 0 Å². The normalized spacial score (nSPS) is 26.5. The Kier molecular flexibility index (Phi) is 5.89. The standard InChI is InChI=1S/C18H31BO6/c1-7-22-14(20)18(15(21)23-8-2)10-9-13(11-18)12-19-24-16(3,4)17(5,6)25-19/h13H,7-12H2,1-6H3/t13-/m0/s1. The van der Waals surface area contributed by atoms with Crippen LogP contribution < -0.4 is 0 Å². The zero-order valence-electron chi connectivity index (χ0n) is 16.3.